The van der Waals surface area contributed by atoms with Crippen LogP contribution in [0.1, 0.15) is 20.8 Å². The van der Waals surface area contributed by atoms with E-state index in [9.17, 15) is 9.70 Å². The van der Waals surface area contributed by atoms with Gasteiger partial charge in [0.2, 0.25) is 5.70 Å². The second-order valence-corrected chi connectivity index (χ2v) is 2.50. The summed E-state index contributed by atoms with van der Waals surface area (Å²) in [5, 5.41) is 11.5. The quantitative estimate of drug-likeness (QED) is 0.410. The molecule has 0 unspecified atom stereocenters. The van der Waals surface area contributed by atoms with Crippen molar-refractivity contribution in [1.29, 1.82) is 0 Å². The number of nitroso groups, excluding NO2 is 1. The topological polar surface area (TPSA) is 70.0 Å². The normalized spacial score (nSPS) is 11.9. The van der Waals surface area contributed by atoms with E-state index in [0.717, 1.165) is 0 Å². The molecule has 0 spiro atoms. The number of aliphatic hydroxyl groups is 1. The van der Waals surface area contributed by atoms with Gasteiger partial charge in [-0.3, -0.25) is 4.79 Å². The van der Waals surface area contributed by atoms with Crippen LogP contribution in [0.3, 0.4) is 0 Å². The molecule has 5 heteroatoms. The summed E-state index contributed by atoms with van der Waals surface area (Å²) in [5.74, 6) is -0.869. The number of carbonyl (C=O) groups is 1. The molecule has 0 radical (unpaired) electrons. The number of allylic oxidation sites excluding steroid dienone is 1. The molecule has 1 N–H and O–H groups in total. The van der Waals surface area contributed by atoms with Crippen LogP contribution in [-0.2, 0) is 4.79 Å². The van der Waals surface area contributed by atoms with Gasteiger partial charge < -0.3 is 10.0 Å². The monoisotopic (exact) mass is 186 g/mol. The summed E-state index contributed by atoms with van der Waals surface area (Å²) in [6, 6.07) is 0. The third-order valence-corrected chi connectivity index (χ3v) is 1.69. The Bertz CT molecular complexity index is 228. The van der Waals surface area contributed by atoms with E-state index in [1.807, 2.05) is 0 Å². The molecule has 0 heterocycles. The number of likely N-dealkylation sites (N-methyl/N-ethyl adjacent to an activating group) is 1. The molecular weight excluding hydrogens is 172 g/mol. The highest BCUT2D eigenvalue weighted by molar-refractivity contribution is 5.93. The van der Waals surface area contributed by atoms with Crippen LogP contribution in [0.5, 0.6) is 0 Å². The summed E-state index contributed by atoms with van der Waals surface area (Å²) < 4.78 is 0. The minimum atomic E-state index is -0.528. The molecule has 0 aromatic rings. The highest BCUT2D eigenvalue weighted by atomic mass is 16.3. The van der Waals surface area contributed by atoms with E-state index < -0.39 is 11.6 Å². The van der Waals surface area contributed by atoms with Gasteiger partial charge in [0.1, 0.15) is 5.76 Å². The molecule has 0 saturated heterocycles. The molecule has 1 amide bonds. The molecule has 13 heavy (non-hydrogen) atoms. The second-order valence-electron chi connectivity index (χ2n) is 2.50. The molecule has 0 fully saturated rings. The summed E-state index contributed by atoms with van der Waals surface area (Å²) in [6.45, 7) is 5.81. The summed E-state index contributed by atoms with van der Waals surface area (Å²) in [6.07, 6.45) is 0. The third kappa shape index (κ3) is 2.85. The van der Waals surface area contributed by atoms with Crippen LogP contribution in [0.4, 0.5) is 0 Å². The summed E-state index contributed by atoms with van der Waals surface area (Å²) in [5.41, 5.74) is -0.413. The zero-order valence-corrected chi connectivity index (χ0v) is 8.07. The maximum Gasteiger partial charge on any atom is 0.279 e. The van der Waals surface area contributed by atoms with Crippen LogP contribution in [0.25, 0.3) is 0 Å². The summed E-state index contributed by atoms with van der Waals surface area (Å²) in [4.78, 5) is 23.0. The number of hydrogen-bond donors (Lipinski definition) is 1. The first-order valence-corrected chi connectivity index (χ1v) is 4.10. The second kappa shape index (κ2) is 5.29. The Labute approximate surface area is 77.0 Å². The number of amides is 1. The van der Waals surface area contributed by atoms with Gasteiger partial charge in [0, 0.05) is 13.1 Å². The van der Waals surface area contributed by atoms with Crippen LogP contribution >= 0.6 is 0 Å². The van der Waals surface area contributed by atoms with E-state index in [2.05, 4.69) is 5.18 Å². The lowest BCUT2D eigenvalue weighted by Crippen LogP contribution is -2.31. The Morgan fingerprint density at radius 1 is 1.38 bits per heavy atom. The smallest absolute Gasteiger partial charge is 0.279 e. The number of carbonyl (C=O) groups excluding carboxylic acids is 1. The highest BCUT2D eigenvalue weighted by Gasteiger charge is 2.18. The van der Waals surface area contributed by atoms with E-state index in [-0.39, 0.29) is 5.76 Å². The Morgan fingerprint density at radius 2 is 1.85 bits per heavy atom. The van der Waals surface area contributed by atoms with Crippen LogP contribution in [0, 0.1) is 4.91 Å². The van der Waals surface area contributed by atoms with Crippen LogP contribution < -0.4 is 0 Å². The minimum Gasteiger partial charge on any atom is -0.510 e. The summed E-state index contributed by atoms with van der Waals surface area (Å²) in [7, 11) is 0. The fourth-order valence-electron chi connectivity index (χ4n) is 0.920. The van der Waals surface area contributed by atoms with Crippen molar-refractivity contribution in [2.45, 2.75) is 20.8 Å². The lowest BCUT2D eigenvalue weighted by molar-refractivity contribution is -0.127. The molecule has 0 saturated carbocycles. The van der Waals surface area contributed by atoms with Crippen molar-refractivity contribution in [1.82, 2.24) is 4.90 Å². The zero-order valence-electron chi connectivity index (χ0n) is 8.07. The molecule has 0 aliphatic rings. The van der Waals surface area contributed by atoms with Gasteiger partial charge in [0.25, 0.3) is 5.91 Å². The first-order valence-electron chi connectivity index (χ1n) is 4.10. The molecule has 0 rings (SSSR count). The van der Waals surface area contributed by atoms with E-state index in [1.54, 1.807) is 13.8 Å². The van der Waals surface area contributed by atoms with Gasteiger partial charge in [-0.05, 0) is 25.9 Å². The predicted octanol–water partition coefficient (Wildman–Crippen LogP) is 1.41. The molecule has 0 aromatic carbocycles. The van der Waals surface area contributed by atoms with Gasteiger partial charge >= 0.3 is 0 Å². The average Bonchev–Trinajstić information content (AvgIpc) is 2.07. The Balaban J connectivity index is 4.75. The molecular formula is C8H14N2O3. The lowest BCUT2D eigenvalue weighted by Gasteiger charge is -2.17. The third-order valence-electron chi connectivity index (χ3n) is 1.69. The van der Waals surface area contributed by atoms with E-state index in [0.29, 0.717) is 13.1 Å². The van der Waals surface area contributed by atoms with Crippen molar-refractivity contribution in [3.8, 4) is 0 Å². The molecule has 5 nitrogen and oxygen atoms in total. The predicted molar refractivity (Wildman–Crippen MR) is 49.1 cm³/mol. The molecule has 0 aliphatic carbocycles. The number of rotatable bonds is 4. The first-order chi connectivity index (χ1) is 6.08. The van der Waals surface area contributed by atoms with Crippen LogP contribution in [0.15, 0.2) is 16.6 Å². The average molecular weight is 186 g/mol. The van der Waals surface area contributed by atoms with E-state index in [4.69, 9.17) is 5.11 Å². The number of hydrogen-bond acceptors (Lipinski definition) is 4. The maximum atomic E-state index is 11.4. The highest BCUT2D eigenvalue weighted by Crippen LogP contribution is 2.07. The van der Waals surface area contributed by atoms with E-state index in [1.165, 1.54) is 11.8 Å². The van der Waals surface area contributed by atoms with Gasteiger partial charge in [-0.15, -0.1) is 4.91 Å². The number of aliphatic hydroxyl groups excluding tert-OH is 1. The molecule has 74 valence electrons. The zero-order chi connectivity index (χ0) is 10.4. The maximum absolute atomic E-state index is 11.4. The SMILES string of the molecule is CCN(CC)C(=O)C(N=O)=C(C)O. The lowest BCUT2D eigenvalue weighted by atomic mass is 10.3. The molecule has 0 aliphatic heterocycles. The fraction of sp³-hybridized carbons (Fsp3) is 0.625. The first kappa shape index (κ1) is 11.6. The van der Waals surface area contributed by atoms with Gasteiger partial charge in [-0.25, -0.2) is 0 Å². The van der Waals surface area contributed by atoms with Gasteiger partial charge in [0.05, 0.1) is 0 Å². The van der Waals surface area contributed by atoms with Crippen LogP contribution in [-0.4, -0.2) is 29.0 Å². The van der Waals surface area contributed by atoms with Crippen LogP contribution in [0.2, 0.25) is 0 Å². The van der Waals surface area contributed by atoms with Crippen molar-refractivity contribution in [3.63, 3.8) is 0 Å². The summed E-state index contributed by atoms with van der Waals surface area (Å²) >= 11 is 0. The van der Waals surface area contributed by atoms with Gasteiger partial charge in [-0.1, -0.05) is 0 Å². The Kier molecular flexibility index (Phi) is 4.72. The van der Waals surface area contributed by atoms with Gasteiger partial charge in [0.15, 0.2) is 0 Å². The molecule has 0 bridgehead atoms. The largest absolute Gasteiger partial charge is 0.510 e. The van der Waals surface area contributed by atoms with Gasteiger partial charge in [-0.2, -0.15) is 0 Å². The van der Waals surface area contributed by atoms with Crippen molar-refractivity contribution < 1.29 is 9.90 Å². The minimum absolute atomic E-state index is 0.341. The molecule has 0 atom stereocenters. The van der Waals surface area contributed by atoms with Crippen molar-refractivity contribution >= 4 is 5.91 Å². The Hall–Kier alpha value is -1.39. The standard InChI is InChI=1S/C8H14N2O3/c1-4-10(5-2)8(12)7(9-13)6(3)11/h11H,4-5H2,1-3H3. The number of nitrogens with zero attached hydrogens (tertiary/aromatic N) is 2. The fourth-order valence-corrected chi connectivity index (χ4v) is 0.920. The van der Waals surface area contributed by atoms with Crippen molar-refractivity contribution in [2.75, 3.05) is 13.1 Å². The van der Waals surface area contributed by atoms with E-state index >= 15 is 0 Å². The van der Waals surface area contributed by atoms with Crippen molar-refractivity contribution in [3.05, 3.63) is 16.4 Å². The molecule has 0 aromatic heterocycles. The van der Waals surface area contributed by atoms with Crippen molar-refractivity contribution in [2.24, 2.45) is 5.18 Å². The Morgan fingerprint density at radius 3 is 2.08 bits per heavy atom.